The maximum Gasteiger partial charge on any atom is -0.00880 e. The Bertz CT molecular complexity index is 653. The van der Waals surface area contributed by atoms with Crippen molar-refractivity contribution in [3.63, 3.8) is 0 Å². The first-order valence-corrected chi connectivity index (χ1v) is 7.28. The number of allylic oxidation sites excluding steroid dienone is 1. The molecule has 0 aromatic heterocycles. The lowest BCUT2D eigenvalue weighted by atomic mass is 9.96. The van der Waals surface area contributed by atoms with E-state index in [2.05, 4.69) is 97.1 Å². The second-order valence-electron chi connectivity index (χ2n) is 5.04. The first-order chi connectivity index (χ1) is 10.4. The third-order valence-electron chi connectivity index (χ3n) is 3.55. The van der Waals surface area contributed by atoms with E-state index in [9.17, 15) is 0 Å². The Morgan fingerprint density at radius 2 is 1.00 bits per heavy atom. The van der Waals surface area contributed by atoms with Gasteiger partial charge in [0.15, 0.2) is 0 Å². The molecule has 0 radical (unpaired) electrons. The normalized spacial score (nSPS) is 10.1. The second kappa shape index (κ2) is 6.71. The highest BCUT2D eigenvalue weighted by Gasteiger charge is 2.03. The maximum atomic E-state index is 2.32. The molecule has 0 aliphatic rings. The third kappa shape index (κ3) is 3.49. The van der Waals surface area contributed by atoms with E-state index in [0.717, 1.165) is 6.42 Å². The van der Waals surface area contributed by atoms with Crippen molar-refractivity contribution in [1.82, 2.24) is 0 Å². The molecule has 0 bridgehead atoms. The van der Waals surface area contributed by atoms with Crippen LogP contribution in [-0.4, -0.2) is 0 Å². The number of hydrogen-bond donors (Lipinski definition) is 0. The van der Waals surface area contributed by atoms with Crippen LogP contribution in [0.25, 0.3) is 5.57 Å². The molecule has 0 aliphatic heterocycles. The van der Waals surface area contributed by atoms with Crippen LogP contribution >= 0.6 is 0 Å². The van der Waals surface area contributed by atoms with Gasteiger partial charge in [0.1, 0.15) is 0 Å². The van der Waals surface area contributed by atoms with Crippen molar-refractivity contribution >= 4 is 5.57 Å². The fraction of sp³-hybridized carbons (Fsp3) is 0.0476. The van der Waals surface area contributed by atoms with E-state index >= 15 is 0 Å². The molecular weight excluding hydrogens is 252 g/mol. The van der Waals surface area contributed by atoms with Gasteiger partial charge in [-0.3, -0.25) is 0 Å². The van der Waals surface area contributed by atoms with Crippen LogP contribution in [0.3, 0.4) is 0 Å². The molecule has 0 amide bonds. The van der Waals surface area contributed by atoms with Gasteiger partial charge in [-0.25, -0.2) is 0 Å². The fourth-order valence-corrected chi connectivity index (χ4v) is 2.47. The van der Waals surface area contributed by atoms with Gasteiger partial charge in [-0.05, 0) is 28.7 Å². The largest absolute Gasteiger partial charge is 0.0717 e. The highest BCUT2D eigenvalue weighted by atomic mass is 14.1. The average Bonchev–Trinajstić information content (AvgIpc) is 2.58. The molecule has 3 aromatic rings. The van der Waals surface area contributed by atoms with E-state index in [-0.39, 0.29) is 0 Å². The Kier molecular flexibility index (Phi) is 4.28. The Hall–Kier alpha value is -2.60. The molecule has 102 valence electrons. The van der Waals surface area contributed by atoms with Gasteiger partial charge < -0.3 is 0 Å². The van der Waals surface area contributed by atoms with Crippen LogP contribution < -0.4 is 0 Å². The van der Waals surface area contributed by atoms with Crippen molar-refractivity contribution in [2.24, 2.45) is 0 Å². The van der Waals surface area contributed by atoms with Gasteiger partial charge in [-0.2, -0.15) is 0 Å². The summed E-state index contributed by atoms with van der Waals surface area (Å²) >= 11 is 0. The van der Waals surface area contributed by atoms with Gasteiger partial charge in [-0.15, -0.1) is 0 Å². The minimum atomic E-state index is 0.944. The lowest BCUT2D eigenvalue weighted by Gasteiger charge is -2.09. The molecule has 0 saturated heterocycles. The Balaban J connectivity index is 1.97. The van der Waals surface area contributed by atoms with Crippen LogP contribution in [0.4, 0.5) is 0 Å². The summed E-state index contributed by atoms with van der Waals surface area (Å²) in [7, 11) is 0. The summed E-state index contributed by atoms with van der Waals surface area (Å²) in [5.41, 5.74) is 5.15. The van der Waals surface area contributed by atoms with E-state index in [0.29, 0.717) is 0 Å². The molecule has 0 unspecified atom stereocenters. The van der Waals surface area contributed by atoms with Crippen molar-refractivity contribution in [3.8, 4) is 0 Å². The van der Waals surface area contributed by atoms with Crippen molar-refractivity contribution in [2.45, 2.75) is 6.42 Å². The van der Waals surface area contributed by atoms with E-state index in [1.54, 1.807) is 0 Å². The number of hydrogen-bond acceptors (Lipinski definition) is 0. The summed E-state index contributed by atoms with van der Waals surface area (Å²) in [6, 6.07) is 31.7. The first-order valence-electron chi connectivity index (χ1n) is 7.28. The molecule has 0 spiro atoms. The zero-order valence-corrected chi connectivity index (χ0v) is 11.9. The average molecular weight is 270 g/mol. The first kappa shape index (κ1) is 13.4. The monoisotopic (exact) mass is 270 g/mol. The predicted octanol–water partition coefficient (Wildman–Crippen LogP) is 5.36. The summed E-state index contributed by atoms with van der Waals surface area (Å²) in [6.45, 7) is 0. The molecule has 0 fully saturated rings. The van der Waals surface area contributed by atoms with Crippen molar-refractivity contribution in [1.29, 1.82) is 0 Å². The molecule has 0 saturated carbocycles. The maximum absolute atomic E-state index is 2.32. The summed E-state index contributed by atoms with van der Waals surface area (Å²) in [6.07, 6.45) is 3.26. The molecular formula is C21H18. The Labute approximate surface area is 126 Å². The summed E-state index contributed by atoms with van der Waals surface area (Å²) in [5.74, 6) is 0. The van der Waals surface area contributed by atoms with Crippen LogP contribution in [0, 0.1) is 0 Å². The van der Waals surface area contributed by atoms with Crippen LogP contribution in [0.5, 0.6) is 0 Å². The van der Waals surface area contributed by atoms with E-state index < -0.39 is 0 Å². The van der Waals surface area contributed by atoms with Gasteiger partial charge in [0.05, 0.1) is 0 Å². The zero-order valence-electron chi connectivity index (χ0n) is 11.9. The zero-order chi connectivity index (χ0) is 14.3. The lowest BCUT2D eigenvalue weighted by Crippen LogP contribution is -1.89. The molecule has 0 heteroatoms. The van der Waals surface area contributed by atoms with Gasteiger partial charge in [-0.1, -0.05) is 97.1 Å². The molecule has 3 rings (SSSR count). The second-order valence-corrected chi connectivity index (χ2v) is 5.04. The van der Waals surface area contributed by atoms with E-state index in [4.69, 9.17) is 0 Å². The molecule has 3 aromatic carbocycles. The highest BCUT2D eigenvalue weighted by molar-refractivity contribution is 5.79. The molecule has 21 heavy (non-hydrogen) atoms. The van der Waals surface area contributed by atoms with Gasteiger partial charge in [0.2, 0.25) is 0 Å². The third-order valence-corrected chi connectivity index (χ3v) is 3.55. The summed E-state index contributed by atoms with van der Waals surface area (Å²) in [4.78, 5) is 0. The molecule has 0 heterocycles. The van der Waals surface area contributed by atoms with Crippen LogP contribution in [0.15, 0.2) is 97.1 Å². The smallest absolute Gasteiger partial charge is 0.00880 e. The molecule has 0 atom stereocenters. The van der Waals surface area contributed by atoms with Crippen LogP contribution in [0.1, 0.15) is 16.7 Å². The Morgan fingerprint density at radius 1 is 0.571 bits per heavy atom. The van der Waals surface area contributed by atoms with Gasteiger partial charge in [0.25, 0.3) is 0 Å². The number of benzene rings is 3. The van der Waals surface area contributed by atoms with Gasteiger partial charge >= 0.3 is 0 Å². The van der Waals surface area contributed by atoms with Crippen LogP contribution in [0.2, 0.25) is 0 Å². The number of rotatable bonds is 4. The topological polar surface area (TPSA) is 0 Å². The minimum absolute atomic E-state index is 0.944. The predicted molar refractivity (Wildman–Crippen MR) is 90.1 cm³/mol. The quantitative estimate of drug-likeness (QED) is 0.598. The summed E-state index contributed by atoms with van der Waals surface area (Å²) in [5, 5.41) is 0. The summed E-state index contributed by atoms with van der Waals surface area (Å²) < 4.78 is 0. The van der Waals surface area contributed by atoms with E-state index in [1.807, 2.05) is 0 Å². The molecule has 0 N–H and O–H groups in total. The van der Waals surface area contributed by atoms with Crippen molar-refractivity contribution in [3.05, 3.63) is 114 Å². The fourth-order valence-electron chi connectivity index (χ4n) is 2.47. The standard InChI is InChI=1S/C21H18/c1-4-10-18(11-5-1)16-17-21(19-12-6-2-7-13-19)20-14-8-3-9-15-20/h1-15,17H,16H2. The minimum Gasteiger partial charge on any atom is -0.0717 e. The lowest BCUT2D eigenvalue weighted by molar-refractivity contribution is 1.27. The molecule has 0 nitrogen and oxygen atoms in total. The van der Waals surface area contributed by atoms with Crippen LogP contribution in [-0.2, 0) is 6.42 Å². The van der Waals surface area contributed by atoms with Gasteiger partial charge in [0, 0.05) is 0 Å². The Morgan fingerprint density at radius 3 is 1.48 bits per heavy atom. The van der Waals surface area contributed by atoms with Crippen molar-refractivity contribution in [2.75, 3.05) is 0 Å². The van der Waals surface area contributed by atoms with E-state index in [1.165, 1.54) is 22.3 Å². The highest BCUT2D eigenvalue weighted by Crippen LogP contribution is 2.23. The molecule has 0 aliphatic carbocycles. The SMILES string of the molecule is C(Cc1ccccc1)=C(c1ccccc1)c1ccccc1. The van der Waals surface area contributed by atoms with Crippen molar-refractivity contribution < 1.29 is 0 Å².